The fourth-order valence-electron chi connectivity index (χ4n) is 5.57. The lowest BCUT2D eigenvalue weighted by Gasteiger charge is -2.46. The predicted octanol–water partition coefficient (Wildman–Crippen LogP) is 8.87. The molecular weight excluding hydrogens is 641 g/mol. The summed E-state index contributed by atoms with van der Waals surface area (Å²) < 4.78 is 35.3. The van der Waals surface area contributed by atoms with Crippen molar-refractivity contribution in [1.29, 1.82) is 0 Å². The van der Waals surface area contributed by atoms with Crippen LogP contribution in [0.4, 0.5) is 17.1 Å². The first kappa shape index (κ1) is 31.5. The van der Waals surface area contributed by atoms with Crippen LogP contribution in [0, 0.1) is 6.92 Å². The van der Waals surface area contributed by atoms with Gasteiger partial charge in [0.1, 0.15) is 11.9 Å². The van der Waals surface area contributed by atoms with Crippen molar-refractivity contribution in [3.8, 4) is 5.75 Å². The summed E-state index contributed by atoms with van der Waals surface area (Å²) in [5.74, 6) is 0.245. The number of carbonyl (C=O) groups is 1. The fraction of sp³-hybridized carbons (Fsp3) is 0.139. The van der Waals surface area contributed by atoms with E-state index < -0.39 is 16.2 Å². The molecule has 0 spiro atoms. The third-order valence-electron chi connectivity index (χ3n) is 7.76. The van der Waals surface area contributed by atoms with Gasteiger partial charge < -0.3 is 9.64 Å². The Morgan fingerprint density at radius 3 is 2.15 bits per heavy atom. The first-order valence-electron chi connectivity index (χ1n) is 14.7. The van der Waals surface area contributed by atoms with Gasteiger partial charge in [-0.3, -0.25) is 14.4 Å². The summed E-state index contributed by atoms with van der Waals surface area (Å²) >= 11 is 13.7. The summed E-state index contributed by atoms with van der Waals surface area (Å²) in [5, 5.41) is 0.811. The Hall–Kier alpha value is -4.50. The topological polar surface area (TPSA) is 78.9 Å². The van der Waals surface area contributed by atoms with Gasteiger partial charge in [-0.25, -0.2) is 8.42 Å². The molecule has 1 heterocycles. The Labute approximate surface area is 279 Å². The van der Waals surface area contributed by atoms with Gasteiger partial charge in [0.05, 0.1) is 22.8 Å². The zero-order chi connectivity index (χ0) is 32.4. The van der Waals surface area contributed by atoms with Crippen LogP contribution < -0.4 is 19.3 Å². The normalized spacial score (nSPS) is 14.6. The van der Waals surface area contributed by atoms with Gasteiger partial charge in [-0.1, -0.05) is 77.3 Å². The second kappa shape index (κ2) is 13.1. The first-order valence-corrected chi connectivity index (χ1v) is 16.9. The van der Waals surface area contributed by atoms with Crippen molar-refractivity contribution >= 4 is 56.2 Å². The average molecular weight is 673 g/mol. The largest absolute Gasteiger partial charge is 0.494 e. The zero-order valence-corrected chi connectivity index (χ0v) is 27.5. The number of amides is 1. The van der Waals surface area contributed by atoms with E-state index in [2.05, 4.69) is 4.72 Å². The molecule has 0 fully saturated rings. The third-order valence-corrected chi connectivity index (χ3v) is 9.80. The van der Waals surface area contributed by atoms with Crippen molar-refractivity contribution < 1.29 is 17.9 Å². The maximum Gasteiger partial charge on any atom is 0.262 e. The second-order valence-corrected chi connectivity index (χ2v) is 13.4. The first-order chi connectivity index (χ1) is 22.2. The van der Waals surface area contributed by atoms with Gasteiger partial charge in [-0.15, -0.1) is 0 Å². The summed E-state index contributed by atoms with van der Waals surface area (Å²) in [5.41, 5.74) is 4.33. The van der Waals surface area contributed by atoms with Crippen LogP contribution in [0.1, 0.15) is 40.1 Å². The summed E-state index contributed by atoms with van der Waals surface area (Å²) in [6.45, 7) is 4.72. The Morgan fingerprint density at radius 1 is 0.826 bits per heavy atom. The smallest absolute Gasteiger partial charge is 0.262 e. The highest BCUT2D eigenvalue weighted by molar-refractivity contribution is 7.92. The molecule has 0 unspecified atom stereocenters. The molecule has 0 aliphatic carbocycles. The van der Waals surface area contributed by atoms with Gasteiger partial charge in [0, 0.05) is 33.5 Å². The van der Waals surface area contributed by atoms with E-state index in [4.69, 9.17) is 27.9 Å². The van der Waals surface area contributed by atoms with Gasteiger partial charge in [0.25, 0.3) is 15.9 Å². The molecule has 10 heteroatoms. The number of anilines is 3. The van der Waals surface area contributed by atoms with E-state index in [-0.39, 0.29) is 16.4 Å². The fourth-order valence-corrected chi connectivity index (χ4v) is 7.25. The van der Waals surface area contributed by atoms with Crippen molar-refractivity contribution in [1.82, 2.24) is 0 Å². The molecule has 5 aromatic rings. The molecule has 1 aliphatic heterocycles. The standard InChI is InChI=1S/C36H31Cl2N3O4S/c1-3-45-28-18-14-26(15-19-28)39-46(43,44)29-20-21-33-30(22-29)36(42)41(27-16-12-24(2)13-17-27)35(34-31(37)10-7-11-32(34)38)40(33)23-25-8-5-4-6-9-25/h4-22,35,39H,3,23H2,1-2H3/t35-/m0/s1. The SMILES string of the molecule is CCOc1ccc(NS(=O)(=O)c2ccc3c(c2)C(=O)N(c2ccc(C)cc2)[C@@H](c2c(Cl)cccc2Cl)N3Cc2ccccc2)cc1. The molecule has 0 saturated carbocycles. The van der Waals surface area contributed by atoms with Crippen LogP contribution in [-0.4, -0.2) is 20.9 Å². The van der Waals surface area contributed by atoms with Crippen LogP contribution >= 0.6 is 23.2 Å². The van der Waals surface area contributed by atoms with Crippen LogP contribution in [0.15, 0.2) is 120 Å². The molecule has 46 heavy (non-hydrogen) atoms. The molecule has 0 bridgehead atoms. The summed E-state index contributed by atoms with van der Waals surface area (Å²) in [6.07, 6.45) is -0.742. The minimum Gasteiger partial charge on any atom is -0.494 e. The van der Waals surface area contributed by atoms with Crippen LogP contribution in [-0.2, 0) is 16.6 Å². The number of rotatable bonds is 9. The van der Waals surface area contributed by atoms with Gasteiger partial charge in [0.2, 0.25) is 0 Å². The summed E-state index contributed by atoms with van der Waals surface area (Å²) in [4.78, 5) is 18.2. The lowest BCUT2D eigenvalue weighted by Crippen LogP contribution is -2.49. The van der Waals surface area contributed by atoms with E-state index in [1.165, 1.54) is 12.1 Å². The summed E-state index contributed by atoms with van der Waals surface area (Å²) in [6, 6.07) is 33.9. The molecule has 0 saturated heterocycles. The van der Waals surface area contributed by atoms with Crippen molar-refractivity contribution in [2.24, 2.45) is 0 Å². The minimum absolute atomic E-state index is 0.0498. The van der Waals surface area contributed by atoms with E-state index in [0.717, 1.165) is 11.1 Å². The number of hydrogen-bond donors (Lipinski definition) is 1. The molecular formula is C36H31Cl2N3O4S. The Morgan fingerprint density at radius 2 is 1.50 bits per heavy atom. The average Bonchev–Trinajstić information content (AvgIpc) is 3.04. The van der Waals surface area contributed by atoms with Crippen LogP contribution in [0.5, 0.6) is 5.75 Å². The van der Waals surface area contributed by atoms with E-state index in [9.17, 15) is 13.2 Å². The highest BCUT2D eigenvalue weighted by Crippen LogP contribution is 2.46. The molecule has 0 radical (unpaired) electrons. The number of carbonyl (C=O) groups excluding carboxylic acids is 1. The number of benzene rings is 5. The lowest BCUT2D eigenvalue weighted by molar-refractivity contribution is 0.0968. The van der Waals surface area contributed by atoms with E-state index >= 15 is 0 Å². The molecule has 1 atom stereocenters. The number of aryl methyl sites for hydroxylation is 1. The number of fused-ring (bicyclic) bond motifs is 1. The zero-order valence-electron chi connectivity index (χ0n) is 25.2. The van der Waals surface area contributed by atoms with Crippen LogP contribution in [0.2, 0.25) is 10.0 Å². The van der Waals surface area contributed by atoms with Gasteiger partial charge >= 0.3 is 0 Å². The molecule has 1 aliphatic rings. The summed E-state index contributed by atoms with van der Waals surface area (Å²) in [7, 11) is -4.06. The molecule has 234 valence electrons. The maximum absolute atomic E-state index is 14.6. The maximum atomic E-state index is 14.6. The Bertz CT molecular complexity index is 1970. The Kier molecular flexibility index (Phi) is 8.95. The number of nitrogens with zero attached hydrogens (tertiary/aromatic N) is 2. The van der Waals surface area contributed by atoms with Gasteiger partial charge in [0.15, 0.2) is 0 Å². The quantitative estimate of drug-likeness (QED) is 0.169. The number of nitrogens with one attached hydrogen (secondary N) is 1. The van der Waals surface area contributed by atoms with E-state index in [1.807, 2.05) is 73.3 Å². The molecule has 7 nitrogen and oxygen atoms in total. The number of sulfonamides is 1. The minimum atomic E-state index is -4.06. The number of halogens is 2. The van der Waals surface area contributed by atoms with Crippen molar-refractivity contribution in [2.75, 3.05) is 21.1 Å². The second-order valence-electron chi connectivity index (χ2n) is 10.9. The van der Waals surface area contributed by atoms with Gasteiger partial charge in [-0.2, -0.15) is 0 Å². The van der Waals surface area contributed by atoms with Crippen LogP contribution in [0.25, 0.3) is 0 Å². The van der Waals surface area contributed by atoms with E-state index in [1.54, 1.807) is 53.4 Å². The van der Waals surface area contributed by atoms with Crippen molar-refractivity contribution in [3.63, 3.8) is 0 Å². The number of ether oxygens (including phenoxy) is 1. The predicted molar refractivity (Wildman–Crippen MR) is 185 cm³/mol. The molecule has 0 aromatic heterocycles. The van der Waals surface area contributed by atoms with Crippen LogP contribution in [0.3, 0.4) is 0 Å². The van der Waals surface area contributed by atoms with Gasteiger partial charge in [-0.05, 0) is 86.1 Å². The van der Waals surface area contributed by atoms with E-state index in [0.29, 0.717) is 51.6 Å². The highest BCUT2D eigenvalue weighted by Gasteiger charge is 2.42. The lowest BCUT2D eigenvalue weighted by atomic mass is 9.98. The molecule has 5 aromatic carbocycles. The monoisotopic (exact) mass is 671 g/mol. The molecule has 1 N–H and O–H groups in total. The Balaban J connectivity index is 1.51. The van der Waals surface area contributed by atoms with Crippen molar-refractivity contribution in [2.45, 2.75) is 31.5 Å². The number of hydrogen-bond acceptors (Lipinski definition) is 5. The third kappa shape index (κ3) is 6.29. The molecule has 1 amide bonds. The van der Waals surface area contributed by atoms with Crippen molar-refractivity contribution in [3.05, 3.63) is 148 Å². The molecule has 6 rings (SSSR count). The highest BCUT2D eigenvalue weighted by atomic mass is 35.5.